The van der Waals surface area contributed by atoms with Gasteiger partial charge in [-0.3, -0.25) is 4.90 Å². The lowest BCUT2D eigenvalue weighted by Gasteiger charge is -2.23. The minimum Gasteiger partial charge on any atom is -0.388 e. The Morgan fingerprint density at radius 1 is 1.18 bits per heavy atom. The highest BCUT2D eigenvalue weighted by Crippen LogP contribution is 2.10. The number of nitrogens with zero attached hydrogens (tertiary/aromatic N) is 5. The van der Waals surface area contributed by atoms with Crippen LogP contribution in [-0.2, 0) is 20.3 Å². The van der Waals surface area contributed by atoms with Crippen LogP contribution < -0.4 is 4.90 Å². The van der Waals surface area contributed by atoms with E-state index in [-0.39, 0.29) is 6.61 Å². The van der Waals surface area contributed by atoms with Crippen molar-refractivity contribution in [3.8, 4) is 0 Å². The van der Waals surface area contributed by atoms with Crippen molar-refractivity contribution in [3.63, 3.8) is 0 Å². The molecule has 0 aliphatic rings. The number of para-hydroxylation sites is 1. The van der Waals surface area contributed by atoms with E-state index in [9.17, 15) is 5.11 Å². The Morgan fingerprint density at radius 2 is 1.86 bits per heavy atom. The van der Waals surface area contributed by atoms with Crippen LogP contribution in [0.4, 0.5) is 5.69 Å². The Hall–Kier alpha value is -1.70. The highest BCUT2D eigenvalue weighted by molar-refractivity contribution is 7.71. The number of anilines is 1. The Morgan fingerprint density at radius 3 is 2.45 bits per heavy atom. The molecule has 0 aliphatic heterocycles. The van der Waals surface area contributed by atoms with E-state index >= 15 is 0 Å². The van der Waals surface area contributed by atoms with E-state index < -0.39 is 0 Å². The van der Waals surface area contributed by atoms with Crippen LogP contribution in [0.3, 0.4) is 0 Å². The quantitative estimate of drug-likeness (QED) is 0.783. The van der Waals surface area contributed by atoms with Gasteiger partial charge in [0, 0.05) is 32.9 Å². The topological polar surface area (TPSA) is 49.5 Å². The smallest absolute Gasteiger partial charge is 0.198 e. The predicted octanol–water partition coefficient (Wildman–Crippen LogP) is 1.47. The second kappa shape index (κ2) is 7.53. The first-order chi connectivity index (χ1) is 10.5. The molecule has 0 saturated carbocycles. The summed E-state index contributed by atoms with van der Waals surface area (Å²) >= 11 is 5.33. The average Bonchev–Trinajstić information content (AvgIpc) is 2.81. The van der Waals surface area contributed by atoms with Gasteiger partial charge in [0.2, 0.25) is 0 Å². The molecule has 1 aromatic carbocycles. The number of benzene rings is 1. The number of hydrogen-bond donors (Lipinski definition) is 1. The minimum atomic E-state index is -0.104. The summed E-state index contributed by atoms with van der Waals surface area (Å²) in [6.45, 7) is 2.30. The van der Waals surface area contributed by atoms with Gasteiger partial charge in [0.1, 0.15) is 6.61 Å². The van der Waals surface area contributed by atoms with E-state index in [4.69, 9.17) is 12.2 Å². The van der Waals surface area contributed by atoms with Crippen LogP contribution in [0.2, 0.25) is 0 Å². The molecule has 22 heavy (non-hydrogen) atoms. The average molecular weight is 321 g/mol. The van der Waals surface area contributed by atoms with E-state index in [1.807, 2.05) is 32.3 Å². The molecule has 0 aliphatic carbocycles. The maximum atomic E-state index is 9.23. The van der Waals surface area contributed by atoms with Gasteiger partial charge in [0.25, 0.3) is 0 Å². The maximum Gasteiger partial charge on any atom is 0.198 e. The third-order valence-electron chi connectivity index (χ3n) is 3.66. The molecule has 0 unspecified atom stereocenters. The first-order valence-corrected chi connectivity index (χ1v) is 7.62. The van der Waals surface area contributed by atoms with Gasteiger partial charge in [-0.05, 0) is 31.4 Å². The minimum absolute atomic E-state index is 0.104. The van der Waals surface area contributed by atoms with Crippen LogP contribution in [0.15, 0.2) is 30.3 Å². The van der Waals surface area contributed by atoms with Crippen molar-refractivity contribution in [3.05, 3.63) is 40.9 Å². The van der Waals surface area contributed by atoms with Gasteiger partial charge in [-0.2, -0.15) is 5.10 Å². The van der Waals surface area contributed by atoms with Crippen LogP contribution in [0.25, 0.3) is 0 Å². The molecule has 0 fully saturated rings. The Bertz CT molecular complexity index is 652. The summed E-state index contributed by atoms with van der Waals surface area (Å²) in [6, 6.07) is 10.3. The molecular weight excluding hydrogens is 298 g/mol. The molecule has 7 heteroatoms. The van der Waals surface area contributed by atoms with E-state index in [0.29, 0.717) is 17.3 Å². The molecule has 120 valence electrons. The van der Waals surface area contributed by atoms with E-state index in [1.54, 1.807) is 9.25 Å². The standard InChI is InChI=1S/C15H23N5OS/c1-17(9-10-18(2)13-7-5-4-6-8-13)12-20-15(22)19(3)14(11-21)16-20/h4-8,21H,9-12H2,1-3H3. The van der Waals surface area contributed by atoms with Gasteiger partial charge < -0.3 is 14.6 Å². The van der Waals surface area contributed by atoms with Crippen molar-refractivity contribution in [1.82, 2.24) is 19.2 Å². The summed E-state index contributed by atoms with van der Waals surface area (Å²) in [5.41, 5.74) is 1.20. The summed E-state index contributed by atoms with van der Waals surface area (Å²) in [5, 5.41) is 13.6. The summed E-state index contributed by atoms with van der Waals surface area (Å²) in [5.74, 6) is 0.583. The molecule has 0 atom stereocenters. The van der Waals surface area contributed by atoms with Gasteiger partial charge >= 0.3 is 0 Å². The molecule has 0 bridgehead atoms. The normalized spacial score (nSPS) is 11.1. The van der Waals surface area contributed by atoms with Crippen LogP contribution >= 0.6 is 12.2 Å². The molecule has 0 saturated heterocycles. The zero-order chi connectivity index (χ0) is 16.1. The van der Waals surface area contributed by atoms with Gasteiger partial charge in [0.05, 0.1) is 6.67 Å². The lowest BCUT2D eigenvalue weighted by Crippen LogP contribution is -2.32. The molecule has 1 heterocycles. The SMILES string of the molecule is CN(CCN(C)c1ccccc1)Cn1nc(CO)n(C)c1=S. The fourth-order valence-corrected chi connectivity index (χ4v) is 2.40. The maximum absolute atomic E-state index is 9.23. The fourth-order valence-electron chi connectivity index (χ4n) is 2.19. The van der Waals surface area contributed by atoms with E-state index in [0.717, 1.165) is 13.1 Å². The molecular formula is C15H23N5OS. The van der Waals surface area contributed by atoms with Crippen LogP contribution in [-0.4, -0.2) is 51.5 Å². The summed E-state index contributed by atoms with van der Waals surface area (Å²) in [7, 11) is 5.94. The number of rotatable bonds is 7. The van der Waals surface area contributed by atoms with Crippen molar-refractivity contribution in [2.45, 2.75) is 13.3 Å². The Balaban J connectivity index is 1.91. The van der Waals surface area contributed by atoms with E-state index in [2.05, 4.69) is 34.1 Å². The number of aliphatic hydroxyl groups excluding tert-OH is 1. The zero-order valence-corrected chi connectivity index (χ0v) is 14.1. The number of hydrogen-bond acceptors (Lipinski definition) is 5. The Labute approximate surface area is 136 Å². The van der Waals surface area contributed by atoms with Gasteiger partial charge in [-0.1, -0.05) is 18.2 Å². The van der Waals surface area contributed by atoms with Crippen LogP contribution in [0, 0.1) is 4.77 Å². The second-order valence-corrected chi connectivity index (χ2v) is 5.76. The monoisotopic (exact) mass is 321 g/mol. The number of aromatic nitrogens is 3. The molecule has 2 aromatic rings. The van der Waals surface area contributed by atoms with Gasteiger partial charge in [-0.25, -0.2) is 4.68 Å². The van der Waals surface area contributed by atoms with Crippen molar-refractivity contribution in [1.29, 1.82) is 0 Å². The summed E-state index contributed by atoms with van der Waals surface area (Å²) < 4.78 is 4.09. The first-order valence-electron chi connectivity index (χ1n) is 7.21. The molecule has 0 amide bonds. The van der Waals surface area contributed by atoms with E-state index in [1.165, 1.54) is 5.69 Å². The van der Waals surface area contributed by atoms with Crippen molar-refractivity contribution >= 4 is 17.9 Å². The summed E-state index contributed by atoms with van der Waals surface area (Å²) in [4.78, 5) is 4.37. The van der Waals surface area contributed by atoms with Gasteiger partial charge in [-0.15, -0.1) is 0 Å². The molecule has 2 rings (SSSR count). The van der Waals surface area contributed by atoms with Crippen molar-refractivity contribution in [2.75, 3.05) is 32.1 Å². The third kappa shape index (κ3) is 3.94. The van der Waals surface area contributed by atoms with Gasteiger partial charge in [0.15, 0.2) is 10.6 Å². The molecule has 0 spiro atoms. The van der Waals surface area contributed by atoms with Crippen molar-refractivity contribution in [2.24, 2.45) is 7.05 Å². The highest BCUT2D eigenvalue weighted by atomic mass is 32.1. The molecule has 0 radical (unpaired) electrons. The van der Waals surface area contributed by atoms with Crippen molar-refractivity contribution < 1.29 is 5.11 Å². The largest absolute Gasteiger partial charge is 0.388 e. The third-order valence-corrected chi connectivity index (χ3v) is 4.15. The molecule has 1 aromatic heterocycles. The lowest BCUT2D eigenvalue weighted by atomic mass is 10.3. The number of aliphatic hydroxyl groups is 1. The first kappa shape index (κ1) is 16.7. The van der Waals surface area contributed by atoms with Crippen LogP contribution in [0.1, 0.15) is 5.82 Å². The summed E-state index contributed by atoms with van der Waals surface area (Å²) in [6.07, 6.45) is 0. The Kier molecular flexibility index (Phi) is 5.70. The predicted molar refractivity (Wildman–Crippen MR) is 90.3 cm³/mol. The number of likely N-dealkylation sites (N-methyl/N-ethyl adjacent to an activating group) is 2. The lowest BCUT2D eigenvalue weighted by molar-refractivity contribution is 0.248. The second-order valence-electron chi connectivity index (χ2n) is 5.39. The molecule has 6 nitrogen and oxygen atoms in total. The zero-order valence-electron chi connectivity index (χ0n) is 13.3. The van der Waals surface area contributed by atoms with Crippen LogP contribution in [0.5, 0.6) is 0 Å². The fraction of sp³-hybridized carbons (Fsp3) is 0.467. The highest BCUT2D eigenvalue weighted by Gasteiger charge is 2.09. The molecule has 1 N–H and O–H groups in total.